The third-order valence-corrected chi connectivity index (χ3v) is 1.97. The smallest absolute Gasteiger partial charge is 0.280 e. The number of pyridine rings is 1. The predicted octanol–water partition coefficient (Wildman–Crippen LogP) is 2.29. The molecule has 0 saturated heterocycles. The Kier molecular flexibility index (Phi) is 3.00. The maximum atomic E-state index is 12.2. The number of hydrogen-bond donors (Lipinski definition) is 1. The van der Waals surface area contributed by atoms with Crippen molar-refractivity contribution in [2.24, 2.45) is 0 Å². The van der Waals surface area contributed by atoms with Crippen LogP contribution in [-0.2, 0) is 0 Å². The second-order valence-corrected chi connectivity index (χ2v) is 3.02. The number of nitrogens with zero attached hydrogens (tertiary/aromatic N) is 1. The highest BCUT2D eigenvalue weighted by molar-refractivity contribution is 6.68. The summed E-state index contributed by atoms with van der Waals surface area (Å²) in [6.45, 7) is 1.49. The summed E-state index contributed by atoms with van der Waals surface area (Å²) in [5.41, 5.74) is 5.08. The van der Waals surface area contributed by atoms with Crippen molar-refractivity contribution in [2.45, 2.75) is 13.3 Å². The number of carbonyl (C=O) groups is 1. The van der Waals surface area contributed by atoms with Crippen molar-refractivity contribution in [3.8, 4) is 0 Å². The first-order valence-electron chi connectivity index (χ1n) is 3.68. The van der Waals surface area contributed by atoms with E-state index in [1.807, 2.05) is 0 Å². The Morgan fingerprint density at radius 2 is 2.21 bits per heavy atom. The van der Waals surface area contributed by atoms with Gasteiger partial charge in [0.05, 0.1) is 0 Å². The van der Waals surface area contributed by atoms with Crippen LogP contribution in [0.4, 0.5) is 14.6 Å². The average Bonchev–Trinajstić information content (AvgIpc) is 2.08. The van der Waals surface area contributed by atoms with Crippen LogP contribution in [0.1, 0.15) is 28.0 Å². The highest BCUT2D eigenvalue weighted by Crippen LogP contribution is 2.23. The lowest BCUT2D eigenvalue weighted by molar-refractivity contribution is 0.108. The number of aromatic nitrogens is 1. The molecule has 1 aromatic heterocycles. The van der Waals surface area contributed by atoms with Crippen LogP contribution in [0.15, 0.2) is 6.07 Å². The minimum Gasteiger partial charge on any atom is -0.383 e. The van der Waals surface area contributed by atoms with Gasteiger partial charge in [-0.3, -0.25) is 4.79 Å². The lowest BCUT2D eigenvalue weighted by Gasteiger charge is -2.06. The van der Waals surface area contributed by atoms with Crippen LogP contribution < -0.4 is 5.73 Å². The number of anilines is 1. The fourth-order valence-corrected chi connectivity index (χ4v) is 1.16. The molecule has 0 aromatic carbocycles. The molecule has 2 N–H and O–H groups in total. The lowest BCUT2D eigenvalue weighted by Crippen LogP contribution is -2.05. The third kappa shape index (κ3) is 1.98. The second-order valence-electron chi connectivity index (χ2n) is 2.68. The summed E-state index contributed by atoms with van der Waals surface area (Å²) in [7, 11) is 0. The van der Waals surface area contributed by atoms with Gasteiger partial charge in [-0.2, -0.15) is 0 Å². The molecule has 0 radical (unpaired) electrons. The van der Waals surface area contributed by atoms with Gasteiger partial charge >= 0.3 is 0 Å². The van der Waals surface area contributed by atoms with E-state index in [-0.39, 0.29) is 11.4 Å². The molecule has 76 valence electrons. The summed E-state index contributed by atoms with van der Waals surface area (Å²) in [5.74, 6) is -0.105. The number of alkyl halides is 2. The Morgan fingerprint density at radius 1 is 1.64 bits per heavy atom. The van der Waals surface area contributed by atoms with Gasteiger partial charge in [0.15, 0.2) is 0 Å². The van der Waals surface area contributed by atoms with Gasteiger partial charge in [0.1, 0.15) is 11.5 Å². The van der Waals surface area contributed by atoms with Crippen LogP contribution in [0.5, 0.6) is 0 Å². The molecule has 0 amide bonds. The Labute approximate surface area is 83.9 Å². The summed E-state index contributed by atoms with van der Waals surface area (Å²) in [6, 6.07) is 0.950. The van der Waals surface area contributed by atoms with Crippen LogP contribution in [0.3, 0.4) is 0 Å². The molecule has 1 aromatic rings. The fourth-order valence-electron chi connectivity index (χ4n) is 0.965. The Hall–Kier alpha value is -1.23. The standard InChI is InChI=1S/C8H7ClF2N2O/c1-3-4(6(9)14)2-5(7(10)11)13-8(3)12/h2,7H,1H3,(H2,12,13). The van der Waals surface area contributed by atoms with Gasteiger partial charge in [0, 0.05) is 11.1 Å². The highest BCUT2D eigenvalue weighted by Gasteiger charge is 2.16. The maximum absolute atomic E-state index is 12.2. The molecule has 1 rings (SSSR count). The largest absolute Gasteiger partial charge is 0.383 e. The Bertz CT molecular complexity index is 382. The van der Waals surface area contributed by atoms with Gasteiger partial charge < -0.3 is 5.73 Å². The third-order valence-electron chi connectivity index (χ3n) is 1.77. The Morgan fingerprint density at radius 3 is 2.64 bits per heavy atom. The number of nitrogen functional groups attached to an aromatic ring is 1. The zero-order valence-electron chi connectivity index (χ0n) is 7.22. The topological polar surface area (TPSA) is 56.0 Å². The molecule has 0 aliphatic heterocycles. The van der Waals surface area contributed by atoms with Crippen molar-refractivity contribution in [1.29, 1.82) is 0 Å². The van der Waals surface area contributed by atoms with E-state index in [0.29, 0.717) is 5.56 Å². The molecule has 0 atom stereocenters. The van der Waals surface area contributed by atoms with E-state index < -0.39 is 17.4 Å². The van der Waals surface area contributed by atoms with Gasteiger partial charge in [0.2, 0.25) is 0 Å². The molecule has 0 spiro atoms. The molecule has 6 heteroatoms. The van der Waals surface area contributed by atoms with Gasteiger partial charge in [-0.1, -0.05) is 0 Å². The number of hydrogen-bond acceptors (Lipinski definition) is 3. The van der Waals surface area contributed by atoms with E-state index in [4.69, 9.17) is 17.3 Å². The van der Waals surface area contributed by atoms with Gasteiger partial charge in [-0.05, 0) is 24.6 Å². The minimum absolute atomic E-state index is 0.0329. The molecule has 14 heavy (non-hydrogen) atoms. The van der Waals surface area contributed by atoms with Crippen LogP contribution in [0.2, 0.25) is 0 Å². The van der Waals surface area contributed by atoms with Crippen molar-refractivity contribution in [2.75, 3.05) is 5.73 Å². The van der Waals surface area contributed by atoms with E-state index >= 15 is 0 Å². The van der Waals surface area contributed by atoms with E-state index in [9.17, 15) is 13.6 Å². The molecular weight excluding hydrogens is 214 g/mol. The van der Waals surface area contributed by atoms with E-state index in [1.165, 1.54) is 6.92 Å². The first-order valence-corrected chi connectivity index (χ1v) is 4.06. The SMILES string of the molecule is Cc1c(C(=O)Cl)cc(C(F)F)nc1N. The van der Waals surface area contributed by atoms with E-state index in [2.05, 4.69) is 4.98 Å². The lowest BCUT2D eigenvalue weighted by atomic mass is 10.1. The summed E-state index contributed by atoms with van der Waals surface area (Å²) >= 11 is 5.19. The minimum atomic E-state index is -2.77. The zero-order valence-corrected chi connectivity index (χ0v) is 7.98. The first kappa shape index (κ1) is 10.8. The fraction of sp³-hybridized carbons (Fsp3) is 0.250. The van der Waals surface area contributed by atoms with E-state index in [0.717, 1.165) is 6.07 Å². The quantitative estimate of drug-likeness (QED) is 0.778. The molecule has 0 saturated carbocycles. The van der Waals surface area contributed by atoms with Crippen LogP contribution in [0, 0.1) is 6.92 Å². The molecule has 1 heterocycles. The van der Waals surface area contributed by atoms with Gasteiger partial charge in [-0.15, -0.1) is 0 Å². The average molecular weight is 221 g/mol. The van der Waals surface area contributed by atoms with E-state index in [1.54, 1.807) is 0 Å². The molecule has 0 aliphatic carbocycles. The molecule has 0 bridgehead atoms. The summed E-state index contributed by atoms with van der Waals surface area (Å²) in [6.07, 6.45) is -2.77. The Balaban J connectivity index is 3.35. The number of halogens is 3. The normalized spacial score (nSPS) is 10.6. The highest BCUT2D eigenvalue weighted by atomic mass is 35.5. The molecular formula is C8H7ClF2N2O. The van der Waals surface area contributed by atoms with Crippen molar-refractivity contribution in [1.82, 2.24) is 4.98 Å². The first-order chi connectivity index (χ1) is 6.43. The molecule has 3 nitrogen and oxygen atoms in total. The van der Waals surface area contributed by atoms with Crippen molar-refractivity contribution in [3.05, 3.63) is 22.9 Å². The zero-order chi connectivity index (χ0) is 10.9. The van der Waals surface area contributed by atoms with Crippen LogP contribution >= 0.6 is 11.6 Å². The molecule has 0 unspecified atom stereocenters. The summed E-state index contributed by atoms with van der Waals surface area (Å²) in [4.78, 5) is 14.3. The molecule has 0 aliphatic rings. The van der Waals surface area contributed by atoms with Gasteiger partial charge in [-0.25, -0.2) is 13.8 Å². The number of carbonyl (C=O) groups excluding carboxylic acids is 1. The monoisotopic (exact) mass is 220 g/mol. The molecule has 0 fully saturated rings. The summed E-state index contributed by atoms with van der Waals surface area (Å²) < 4.78 is 24.5. The number of nitrogens with two attached hydrogens (primary N) is 1. The van der Waals surface area contributed by atoms with Crippen molar-refractivity contribution >= 4 is 22.7 Å². The van der Waals surface area contributed by atoms with Gasteiger partial charge in [0.25, 0.3) is 11.7 Å². The summed E-state index contributed by atoms with van der Waals surface area (Å²) in [5, 5.41) is -0.821. The van der Waals surface area contributed by atoms with Crippen molar-refractivity contribution < 1.29 is 13.6 Å². The predicted molar refractivity (Wildman–Crippen MR) is 48.5 cm³/mol. The van der Waals surface area contributed by atoms with Crippen LogP contribution in [0.25, 0.3) is 0 Å². The van der Waals surface area contributed by atoms with Crippen molar-refractivity contribution in [3.63, 3.8) is 0 Å². The maximum Gasteiger partial charge on any atom is 0.280 e. The second kappa shape index (κ2) is 3.88. The van der Waals surface area contributed by atoms with Crippen LogP contribution in [-0.4, -0.2) is 10.2 Å². The number of rotatable bonds is 2.